The quantitative estimate of drug-likeness (QED) is 0.820. The van der Waals surface area contributed by atoms with E-state index >= 15 is 0 Å². The van der Waals surface area contributed by atoms with E-state index in [2.05, 4.69) is 5.32 Å². The molecule has 0 aliphatic heterocycles. The molecule has 1 amide bonds. The first-order valence-corrected chi connectivity index (χ1v) is 9.03. The lowest BCUT2D eigenvalue weighted by molar-refractivity contribution is -0.128. The predicted molar refractivity (Wildman–Crippen MR) is 94.7 cm³/mol. The molecule has 0 radical (unpaired) electrons. The average molecular weight is 341 g/mol. The van der Waals surface area contributed by atoms with Crippen molar-refractivity contribution in [2.75, 3.05) is 0 Å². The minimum absolute atomic E-state index is 0.0554. The van der Waals surface area contributed by atoms with Crippen LogP contribution in [0.15, 0.2) is 33.5 Å². The summed E-state index contributed by atoms with van der Waals surface area (Å²) in [5.41, 5.74) is 0.992. The Kier molecular flexibility index (Phi) is 4.02. The van der Waals surface area contributed by atoms with Crippen LogP contribution in [0.4, 0.5) is 0 Å². The van der Waals surface area contributed by atoms with Gasteiger partial charge in [-0.2, -0.15) is 0 Å². The minimum atomic E-state index is -0.562. The monoisotopic (exact) mass is 341 g/mol. The van der Waals surface area contributed by atoms with Gasteiger partial charge < -0.3 is 14.5 Å². The third-order valence-corrected chi connectivity index (χ3v) is 5.17. The molecular formula is C20H23NO4. The summed E-state index contributed by atoms with van der Waals surface area (Å²) >= 11 is 0. The number of nitrogens with one attached hydrogen (secondary N) is 1. The Hall–Kier alpha value is -2.30. The molecule has 0 bridgehead atoms. The van der Waals surface area contributed by atoms with Gasteiger partial charge in [-0.05, 0) is 75.1 Å². The zero-order valence-electron chi connectivity index (χ0n) is 14.6. The number of amides is 1. The van der Waals surface area contributed by atoms with Crippen LogP contribution in [0, 0.1) is 18.8 Å². The van der Waals surface area contributed by atoms with E-state index < -0.39 is 6.10 Å². The Morgan fingerprint density at radius 1 is 1.20 bits per heavy atom. The largest absolute Gasteiger partial charge is 0.481 e. The van der Waals surface area contributed by atoms with Gasteiger partial charge in [-0.1, -0.05) is 0 Å². The molecular weight excluding hydrogens is 318 g/mol. The number of fused-ring (bicyclic) bond motifs is 1. The second-order valence-electron chi connectivity index (χ2n) is 7.38. The topological polar surface area (TPSA) is 68.5 Å². The van der Waals surface area contributed by atoms with Crippen LogP contribution in [0.1, 0.15) is 38.2 Å². The summed E-state index contributed by atoms with van der Waals surface area (Å²) < 4.78 is 11.0. The summed E-state index contributed by atoms with van der Waals surface area (Å²) in [5.74, 6) is 1.87. The molecule has 5 heteroatoms. The number of hydrogen-bond acceptors (Lipinski definition) is 4. The van der Waals surface area contributed by atoms with E-state index in [0.29, 0.717) is 29.2 Å². The molecule has 1 aromatic heterocycles. The summed E-state index contributed by atoms with van der Waals surface area (Å²) in [6, 6.07) is 7.04. The standard InChI is InChI=1S/C20H23NO4/c1-11-9-18(22)25-17-8-7-15(10-16(11)17)24-12(2)20(23)21-19(13-3-4-13)14-5-6-14/h7-10,12-14,19H,3-6H2,1-2H3,(H,21,23). The van der Waals surface area contributed by atoms with Crippen molar-refractivity contribution in [3.63, 3.8) is 0 Å². The molecule has 1 atom stereocenters. The van der Waals surface area contributed by atoms with E-state index in [0.717, 1.165) is 10.9 Å². The van der Waals surface area contributed by atoms with E-state index in [1.807, 2.05) is 13.0 Å². The Labute approximate surface area is 146 Å². The highest BCUT2D eigenvalue weighted by Crippen LogP contribution is 2.44. The first-order chi connectivity index (χ1) is 12.0. The number of aryl methyl sites for hydroxylation is 1. The zero-order valence-corrected chi connectivity index (χ0v) is 14.6. The fraction of sp³-hybridized carbons (Fsp3) is 0.500. The molecule has 0 spiro atoms. The van der Waals surface area contributed by atoms with Crippen LogP contribution in [0.25, 0.3) is 11.0 Å². The van der Waals surface area contributed by atoms with E-state index in [9.17, 15) is 9.59 Å². The predicted octanol–water partition coefficient (Wildman–Crippen LogP) is 3.17. The van der Waals surface area contributed by atoms with Gasteiger partial charge in [0.15, 0.2) is 6.10 Å². The average Bonchev–Trinajstić information content (AvgIpc) is 3.46. The Morgan fingerprint density at radius 3 is 2.52 bits per heavy atom. The molecule has 4 rings (SSSR count). The van der Waals surface area contributed by atoms with Crippen LogP contribution in [0.2, 0.25) is 0 Å². The van der Waals surface area contributed by atoms with Crippen molar-refractivity contribution < 1.29 is 13.9 Å². The molecule has 2 aromatic rings. The molecule has 1 N–H and O–H groups in total. The molecule has 0 saturated heterocycles. The van der Waals surface area contributed by atoms with Crippen LogP contribution in [0.3, 0.4) is 0 Å². The van der Waals surface area contributed by atoms with Crippen LogP contribution < -0.4 is 15.7 Å². The van der Waals surface area contributed by atoms with Gasteiger partial charge >= 0.3 is 5.63 Å². The molecule has 1 aromatic carbocycles. The van der Waals surface area contributed by atoms with E-state index in [1.54, 1.807) is 19.1 Å². The SMILES string of the molecule is Cc1cc(=O)oc2ccc(OC(C)C(=O)NC(C3CC3)C3CC3)cc12. The second kappa shape index (κ2) is 6.21. The fourth-order valence-electron chi connectivity index (χ4n) is 3.44. The molecule has 25 heavy (non-hydrogen) atoms. The number of carbonyl (C=O) groups excluding carboxylic acids is 1. The Morgan fingerprint density at radius 2 is 1.88 bits per heavy atom. The first kappa shape index (κ1) is 16.2. The maximum absolute atomic E-state index is 12.5. The van der Waals surface area contributed by atoms with Gasteiger partial charge in [0, 0.05) is 17.5 Å². The van der Waals surface area contributed by atoms with Gasteiger partial charge in [-0.25, -0.2) is 4.79 Å². The molecule has 132 valence electrons. The molecule has 2 fully saturated rings. The summed E-state index contributed by atoms with van der Waals surface area (Å²) in [7, 11) is 0. The molecule has 2 saturated carbocycles. The van der Waals surface area contributed by atoms with Gasteiger partial charge in [-0.3, -0.25) is 4.79 Å². The highest BCUT2D eigenvalue weighted by atomic mass is 16.5. The highest BCUT2D eigenvalue weighted by Gasteiger charge is 2.42. The van der Waals surface area contributed by atoms with Gasteiger partial charge in [0.05, 0.1) is 0 Å². The van der Waals surface area contributed by atoms with Gasteiger partial charge in [0.2, 0.25) is 0 Å². The van der Waals surface area contributed by atoms with Crippen molar-refractivity contribution >= 4 is 16.9 Å². The van der Waals surface area contributed by atoms with Gasteiger partial charge in [-0.15, -0.1) is 0 Å². The highest BCUT2D eigenvalue weighted by molar-refractivity contribution is 5.83. The van der Waals surface area contributed by atoms with Gasteiger partial charge in [0.1, 0.15) is 11.3 Å². The van der Waals surface area contributed by atoms with Crippen molar-refractivity contribution in [3.05, 3.63) is 40.2 Å². The third-order valence-electron chi connectivity index (χ3n) is 5.17. The number of carbonyl (C=O) groups is 1. The lowest BCUT2D eigenvalue weighted by Crippen LogP contribution is -2.44. The number of rotatable bonds is 6. The molecule has 2 aliphatic carbocycles. The Bertz CT molecular complexity index is 852. The molecule has 1 unspecified atom stereocenters. The summed E-state index contributed by atoms with van der Waals surface area (Å²) in [6.45, 7) is 3.63. The van der Waals surface area contributed by atoms with Crippen LogP contribution in [-0.4, -0.2) is 18.1 Å². The molecule has 5 nitrogen and oxygen atoms in total. The van der Waals surface area contributed by atoms with Crippen LogP contribution >= 0.6 is 0 Å². The van der Waals surface area contributed by atoms with Crippen molar-refractivity contribution in [2.24, 2.45) is 11.8 Å². The summed E-state index contributed by atoms with van der Waals surface area (Å²) in [6.07, 6.45) is 4.35. The number of benzene rings is 1. The maximum Gasteiger partial charge on any atom is 0.336 e. The van der Waals surface area contributed by atoms with Crippen molar-refractivity contribution in [2.45, 2.75) is 51.7 Å². The second-order valence-corrected chi connectivity index (χ2v) is 7.38. The third kappa shape index (κ3) is 3.55. The Balaban J connectivity index is 1.46. The number of hydrogen-bond donors (Lipinski definition) is 1. The zero-order chi connectivity index (χ0) is 17.6. The van der Waals surface area contributed by atoms with E-state index in [1.165, 1.54) is 31.7 Å². The van der Waals surface area contributed by atoms with Crippen molar-refractivity contribution in [1.82, 2.24) is 5.32 Å². The lowest BCUT2D eigenvalue weighted by atomic mass is 10.1. The van der Waals surface area contributed by atoms with Crippen LogP contribution in [-0.2, 0) is 4.79 Å². The first-order valence-electron chi connectivity index (χ1n) is 9.03. The van der Waals surface area contributed by atoms with Crippen molar-refractivity contribution in [1.29, 1.82) is 0 Å². The van der Waals surface area contributed by atoms with Crippen LogP contribution in [0.5, 0.6) is 5.75 Å². The molecule has 2 aliphatic rings. The normalized spacial score (nSPS) is 18.4. The minimum Gasteiger partial charge on any atom is -0.481 e. The summed E-state index contributed by atoms with van der Waals surface area (Å²) in [5, 5.41) is 4.01. The summed E-state index contributed by atoms with van der Waals surface area (Å²) in [4.78, 5) is 23.9. The smallest absolute Gasteiger partial charge is 0.336 e. The van der Waals surface area contributed by atoms with Crippen molar-refractivity contribution in [3.8, 4) is 5.75 Å². The molecule has 1 heterocycles. The fourth-order valence-corrected chi connectivity index (χ4v) is 3.44. The van der Waals surface area contributed by atoms with E-state index in [-0.39, 0.29) is 11.5 Å². The van der Waals surface area contributed by atoms with E-state index in [4.69, 9.17) is 9.15 Å². The number of ether oxygens (including phenoxy) is 1. The van der Waals surface area contributed by atoms with Gasteiger partial charge in [0.25, 0.3) is 5.91 Å². The lowest BCUT2D eigenvalue weighted by Gasteiger charge is -2.21. The maximum atomic E-state index is 12.5.